The maximum Gasteiger partial charge on any atom is 0.0717 e. The lowest BCUT2D eigenvalue weighted by Crippen LogP contribution is -2.55. The maximum atomic E-state index is 5.80. The normalized spacial score (nSPS) is 25.6. The van der Waals surface area contributed by atoms with Crippen molar-refractivity contribution in [3.8, 4) is 0 Å². The molecular formula is C17H28N2O. The summed E-state index contributed by atoms with van der Waals surface area (Å²) in [7, 11) is 0. The number of benzene rings is 1. The van der Waals surface area contributed by atoms with E-state index in [4.69, 9.17) is 4.74 Å². The van der Waals surface area contributed by atoms with Gasteiger partial charge in [-0.1, -0.05) is 36.8 Å². The van der Waals surface area contributed by atoms with Crippen LogP contribution in [-0.2, 0) is 11.3 Å². The van der Waals surface area contributed by atoms with Gasteiger partial charge in [-0.2, -0.15) is 0 Å². The van der Waals surface area contributed by atoms with E-state index in [1.807, 2.05) is 6.07 Å². The predicted molar refractivity (Wildman–Crippen MR) is 83.3 cm³/mol. The summed E-state index contributed by atoms with van der Waals surface area (Å²) in [6.45, 7) is 8.24. The van der Waals surface area contributed by atoms with E-state index in [-0.39, 0.29) is 0 Å². The Morgan fingerprint density at radius 3 is 2.50 bits per heavy atom. The highest BCUT2D eigenvalue weighted by Crippen LogP contribution is 2.20. The van der Waals surface area contributed by atoms with Gasteiger partial charge in [0.25, 0.3) is 0 Å². The zero-order valence-corrected chi connectivity index (χ0v) is 13.0. The molecule has 3 unspecified atom stereocenters. The molecule has 1 aliphatic rings. The van der Waals surface area contributed by atoms with Crippen LogP contribution in [0.3, 0.4) is 0 Å². The second-order valence-electron chi connectivity index (χ2n) is 6.07. The molecule has 1 aliphatic heterocycles. The van der Waals surface area contributed by atoms with Crippen LogP contribution in [0.5, 0.6) is 0 Å². The van der Waals surface area contributed by atoms with Gasteiger partial charge in [-0.25, -0.2) is 10.4 Å². The van der Waals surface area contributed by atoms with Gasteiger partial charge in [0.05, 0.1) is 13.2 Å². The van der Waals surface area contributed by atoms with Crippen LogP contribution in [0.15, 0.2) is 30.3 Å². The van der Waals surface area contributed by atoms with E-state index in [9.17, 15) is 0 Å². The molecule has 0 bridgehead atoms. The van der Waals surface area contributed by atoms with Crippen LogP contribution in [0, 0.1) is 0 Å². The van der Waals surface area contributed by atoms with E-state index >= 15 is 0 Å². The van der Waals surface area contributed by atoms with Crippen LogP contribution in [0.1, 0.15) is 45.6 Å². The third-order valence-corrected chi connectivity index (χ3v) is 4.04. The van der Waals surface area contributed by atoms with E-state index < -0.39 is 0 Å². The third-order valence-electron chi connectivity index (χ3n) is 4.04. The largest absolute Gasteiger partial charge is 0.375 e. The molecule has 1 N–H and O–H groups in total. The van der Waals surface area contributed by atoms with Crippen molar-refractivity contribution in [1.29, 1.82) is 0 Å². The minimum absolute atomic E-state index is 0.349. The molecule has 0 spiro atoms. The van der Waals surface area contributed by atoms with Crippen molar-refractivity contribution in [2.75, 3.05) is 6.61 Å². The Labute approximate surface area is 123 Å². The van der Waals surface area contributed by atoms with Crippen molar-refractivity contribution in [2.24, 2.45) is 0 Å². The number of hydrazine groups is 1. The molecule has 1 heterocycles. The lowest BCUT2D eigenvalue weighted by Gasteiger charge is -2.40. The highest BCUT2D eigenvalue weighted by atomic mass is 16.5. The van der Waals surface area contributed by atoms with Crippen molar-refractivity contribution in [2.45, 2.75) is 64.8 Å². The van der Waals surface area contributed by atoms with Crippen LogP contribution in [-0.4, -0.2) is 29.7 Å². The van der Waals surface area contributed by atoms with E-state index in [2.05, 4.69) is 55.5 Å². The lowest BCUT2D eigenvalue weighted by atomic mass is 10.00. The Balaban J connectivity index is 1.70. The molecule has 1 aromatic carbocycles. The topological polar surface area (TPSA) is 24.5 Å². The van der Waals surface area contributed by atoms with Crippen LogP contribution in [0.2, 0.25) is 0 Å². The number of rotatable bonds is 6. The zero-order valence-electron chi connectivity index (χ0n) is 13.0. The summed E-state index contributed by atoms with van der Waals surface area (Å²) < 4.78 is 5.80. The number of hydrogen-bond acceptors (Lipinski definition) is 3. The Morgan fingerprint density at radius 2 is 1.85 bits per heavy atom. The highest BCUT2D eigenvalue weighted by molar-refractivity contribution is 5.13. The summed E-state index contributed by atoms with van der Waals surface area (Å²) in [4.78, 5) is 0. The number of ether oxygens (including phenoxy) is 1. The minimum atomic E-state index is 0.349. The van der Waals surface area contributed by atoms with E-state index in [1.54, 1.807) is 0 Å². The molecule has 0 amide bonds. The van der Waals surface area contributed by atoms with E-state index in [1.165, 1.54) is 24.8 Å². The summed E-state index contributed by atoms with van der Waals surface area (Å²) in [5.74, 6) is 0. The second-order valence-corrected chi connectivity index (χ2v) is 6.07. The second kappa shape index (κ2) is 7.77. The van der Waals surface area contributed by atoms with Gasteiger partial charge >= 0.3 is 0 Å². The molecule has 20 heavy (non-hydrogen) atoms. The third kappa shape index (κ3) is 4.58. The first-order valence-corrected chi connectivity index (χ1v) is 7.83. The first kappa shape index (κ1) is 15.5. The molecule has 3 nitrogen and oxygen atoms in total. The highest BCUT2D eigenvalue weighted by Gasteiger charge is 2.25. The van der Waals surface area contributed by atoms with E-state index in [0.717, 1.165) is 6.61 Å². The lowest BCUT2D eigenvalue weighted by molar-refractivity contribution is 0.00707. The smallest absolute Gasteiger partial charge is 0.0717 e. The summed E-state index contributed by atoms with van der Waals surface area (Å²) in [5, 5.41) is 2.42. The SMILES string of the molecule is CC(COCc1ccccc1)NN1C(C)CCCC1C. The van der Waals surface area contributed by atoms with Crippen molar-refractivity contribution in [1.82, 2.24) is 10.4 Å². The molecule has 1 aromatic rings. The summed E-state index contributed by atoms with van der Waals surface area (Å²) in [6, 6.07) is 11.9. The Bertz CT molecular complexity index is 372. The van der Waals surface area contributed by atoms with Crippen molar-refractivity contribution < 1.29 is 4.74 Å². The van der Waals surface area contributed by atoms with Crippen LogP contribution < -0.4 is 5.43 Å². The Morgan fingerprint density at radius 1 is 1.20 bits per heavy atom. The Kier molecular flexibility index (Phi) is 6.02. The fourth-order valence-corrected chi connectivity index (χ4v) is 2.90. The van der Waals surface area contributed by atoms with Crippen LogP contribution in [0.4, 0.5) is 0 Å². The van der Waals surface area contributed by atoms with Gasteiger partial charge in [-0.05, 0) is 39.2 Å². The van der Waals surface area contributed by atoms with Gasteiger partial charge in [-0.15, -0.1) is 0 Å². The van der Waals surface area contributed by atoms with Crippen molar-refractivity contribution >= 4 is 0 Å². The van der Waals surface area contributed by atoms with Crippen LogP contribution in [0.25, 0.3) is 0 Å². The number of nitrogens with zero attached hydrogens (tertiary/aromatic N) is 1. The van der Waals surface area contributed by atoms with Gasteiger partial charge < -0.3 is 4.74 Å². The first-order valence-electron chi connectivity index (χ1n) is 7.83. The van der Waals surface area contributed by atoms with E-state index in [0.29, 0.717) is 24.7 Å². The molecule has 112 valence electrons. The van der Waals surface area contributed by atoms with Crippen molar-refractivity contribution in [3.63, 3.8) is 0 Å². The molecule has 0 radical (unpaired) electrons. The van der Waals surface area contributed by atoms with Gasteiger partial charge in [0.15, 0.2) is 0 Å². The number of hydrogen-bond donors (Lipinski definition) is 1. The van der Waals surface area contributed by atoms with Crippen LogP contribution >= 0.6 is 0 Å². The fourth-order valence-electron chi connectivity index (χ4n) is 2.90. The molecule has 3 heteroatoms. The Hall–Kier alpha value is -0.900. The first-order chi connectivity index (χ1) is 9.66. The molecule has 2 rings (SSSR count). The quantitative estimate of drug-likeness (QED) is 0.862. The molecule has 1 fully saturated rings. The van der Waals surface area contributed by atoms with Gasteiger partial charge in [0.1, 0.15) is 0 Å². The van der Waals surface area contributed by atoms with Gasteiger partial charge in [-0.3, -0.25) is 0 Å². The standard InChI is InChI=1S/C17H28N2O/c1-14(12-20-13-17-10-5-4-6-11-17)18-19-15(2)8-7-9-16(19)3/h4-6,10-11,14-16,18H,7-9,12-13H2,1-3H3. The van der Waals surface area contributed by atoms with Gasteiger partial charge in [0.2, 0.25) is 0 Å². The molecular weight excluding hydrogens is 248 g/mol. The molecule has 0 aliphatic carbocycles. The minimum Gasteiger partial charge on any atom is -0.375 e. The summed E-state index contributed by atoms with van der Waals surface area (Å²) in [6.07, 6.45) is 3.92. The number of nitrogens with one attached hydrogen (secondary N) is 1. The summed E-state index contributed by atoms with van der Waals surface area (Å²) >= 11 is 0. The monoisotopic (exact) mass is 276 g/mol. The molecule has 1 saturated heterocycles. The fraction of sp³-hybridized carbons (Fsp3) is 0.647. The zero-order chi connectivity index (χ0) is 14.4. The average molecular weight is 276 g/mol. The molecule has 3 atom stereocenters. The molecule has 0 aromatic heterocycles. The molecule has 0 saturated carbocycles. The maximum absolute atomic E-state index is 5.80. The summed E-state index contributed by atoms with van der Waals surface area (Å²) in [5.41, 5.74) is 4.85. The average Bonchev–Trinajstić information content (AvgIpc) is 2.44. The van der Waals surface area contributed by atoms with Gasteiger partial charge in [0, 0.05) is 18.1 Å². The number of piperidine rings is 1. The predicted octanol–water partition coefficient (Wildman–Crippen LogP) is 3.36. The van der Waals surface area contributed by atoms with Crippen molar-refractivity contribution in [3.05, 3.63) is 35.9 Å².